The van der Waals surface area contributed by atoms with E-state index in [2.05, 4.69) is 54.5 Å². The molecule has 0 atom stereocenters. The lowest BCUT2D eigenvalue weighted by Gasteiger charge is -2.19. The number of hydrogen-bond donors (Lipinski definition) is 0. The number of nitrogens with zero attached hydrogens (tertiary/aromatic N) is 4. The molecule has 0 N–H and O–H groups in total. The van der Waals surface area contributed by atoms with Gasteiger partial charge < -0.3 is 0 Å². The predicted octanol–water partition coefficient (Wildman–Crippen LogP) is 0.811. The van der Waals surface area contributed by atoms with E-state index in [-0.39, 0.29) is 0 Å². The summed E-state index contributed by atoms with van der Waals surface area (Å²) >= 11 is 0. The minimum Gasteiger partial charge on any atom is -0.292 e. The highest BCUT2D eigenvalue weighted by Gasteiger charge is 2.17. The molecule has 0 radical (unpaired) electrons. The quantitative estimate of drug-likeness (QED) is 0.710. The van der Waals surface area contributed by atoms with Crippen molar-refractivity contribution >= 4 is 0 Å². The van der Waals surface area contributed by atoms with Gasteiger partial charge in [-0.15, -0.1) is 0 Å². The van der Waals surface area contributed by atoms with Gasteiger partial charge in [0.15, 0.2) is 0 Å². The van der Waals surface area contributed by atoms with Crippen LogP contribution in [0.1, 0.15) is 20.8 Å². The van der Waals surface area contributed by atoms with Crippen molar-refractivity contribution in [2.75, 3.05) is 60.2 Å². The summed E-state index contributed by atoms with van der Waals surface area (Å²) in [6.07, 6.45) is 0. The highest BCUT2D eigenvalue weighted by molar-refractivity contribution is 4.70. The molecule has 2 aliphatic heterocycles. The second-order valence-electron chi connectivity index (χ2n) is 5.56. The Kier molecular flexibility index (Phi) is 6.41. The molecule has 4 heteroatoms. The van der Waals surface area contributed by atoms with Gasteiger partial charge in [0.25, 0.3) is 0 Å². The van der Waals surface area contributed by atoms with Gasteiger partial charge in [0.05, 0.1) is 13.3 Å². The van der Waals surface area contributed by atoms with Gasteiger partial charge in [0.1, 0.15) is 0 Å². The van der Waals surface area contributed by atoms with Crippen LogP contribution in [-0.4, -0.2) is 85.8 Å². The molecular weight excluding hydrogens is 212 g/mol. The van der Waals surface area contributed by atoms with Crippen molar-refractivity contribution in [2.24, 2.45) is 0 Å². The Morgan fingerprint density at radius 1 is 0.882 bits per heavy atom. The minimum atomic E-state index is 0.718. The van der Waals surface area contributed by atoms with E-state index in [4.69, 9.17) is 0 Å². The van der Waals surface area contributed by atoms with E-state index in [0.29, 0.717) is 0 Å². The van der Waals surface area contributed by atoms with E-state index in [1.807, 2.05) is 0 Å². The molecule has 2 saturated heterocycles. The fourth-order valence-electron chi connectivity index (χ4n) is 2.23. The molecule has 0 aromatic carbocycles. The third-order valence-electron chi connectivity index (χ3n) is 3.61. The highest BCUT2D eigenvalue weighted by Crippen LogP contribution is 2.05. The summed E-state index contributed by atoms with van der Waals surface area (Å²) in [6.45, 7) is 15.2. The maximum absolute atomic E-state index is 2.47. The molecule has 0 aromatic heterocycles. The van der Waals surface area contributed by atoms with Crippen LogP contribution in [0, 0.1) is 0 Å². The summed E-state index contributed by atoms with van der Waals surface area (Å²) in [5.41, 5.74) is 0. The standard InChI is InChI=1S/C7H16N2.C6H14N2/c1-7(2)9-5-4-8(3)6-9;1-3-8-5-4-7(2)6-8/h7H,4-6H2,1-3H3;3-6H2,1-2H3. The molecule has 102 valence electrons. The lowest BCUT2D eigenvalue weighted by Crippen LogP contribution is -2.29. The summed E-state index contributed by atoms with van der Waals surface area (Å²) in [7, 11) is 4.33. The van der Waals surface area contributed by atoms with Crippen molar-refractivity contribution in [3.05, 3.63) is 0 Å². The zero-order valence-corrected chi connectivity index (χ0v) is 12.3. The first-order valence-electron chi connectivity index (χ1n) is 6.86. The maximum atomic E-state index is 2.47. The Labute approximate surface area is 107 Å². The first-order valence-corrected chi connectivity index (χ1v) is 6.86. The summed E-state index contributed by atoms with van der Waals surface area (Å²) < 4.78 is 0. The van der Waals surface area contributed by atoms with E-state index < -0.39 is 0 Å². The summed E-state index contributed by atoms with van der Waals surface area (Å²) in [4.78, 5) is 9.59. The Morgan fingerprint density at radius 2 is 1.47 bits per heavy atom. The zero-order valence-electron chi connectivity index (χ0n) is 12.3. The summed E-state index contributed by atoms with van der Waals surface area (Å²) in [6, 6.07) is 0.718. The second-order valence-corrected chi connectivity index (χ2v) is 5.56. The van der Waals surface area contributed by atoms with Gasteiger partial charge in [-0.3, -0.25) is 19.6 Å². The van der Waals surface area contributed by atoms with Gasteiger partial charge in [-0.2, -0.15) is 0 Å². The number of rotatable bonds is 2. The molecule has 2 aliphatic rings. The second kappa shape index (κ2) is 7.31. The Balaban J connectivity index is 0.000000171. The molecule has 0 amide bonds. The van der Waals surface area contributed by atoms with Gasteiger partial charge in [-0.1, -0.05) is 6.92 Å². The molecule has 0 aromatic rings. The molecule has 0 saturated carbocycles. The average Bonchev–Trinajstić information content (AvgIpc) is 2.88. The van der Waals surface area contributed by atoms with Gasteiger partial charge in [0.2, 0.25) is 0 Å². The molecule has 17 heavy (non-hydrogen) atoms. The van der Waals surface area contributed by atoms with Crippen molar-refractivity contribution in [2.45, 2.75) is 26.8 Å². The van der Waals surface area contributed by atoms with Gasteiger partial charge in [0, 0.05) is 32.2 Å². The zero-order chi connectivity index (χ0) is 12.8. The SMILES string of the molecule is CC(C)N1CCN(C)C1.CCN1CCN(C)C1. The molecular formula is C13H30N4. The molecule has 0 unspecified atom stereocenters. The summed E-state index contributed by atoms with van der Waals surface area (Å²) in [5.74, 6) is 0. The van der Waals surface area contributed by atoms with Crippen LogP contribution in [0.5, 0.6) is 0 Å². The van der Waals surface area contributed by atoms with E-state index >= 15 is 0 Å². The van der Waals surface area contributed by atoms with Crippen molar-refractivity contribution in [1.82, 2.24) is 19.6 Å². The van der Waals surface area contributed by atoms with E-state index in [1.54, 1.807) is 0 Å². The van der Waals surface area contributed by atoms with Crippen LogP contribution in [-0.2, 0) is 0 Å². The minimum absolute atomic E-state index is 0.718. The highest BCUT2D eigenvalue weighted by atomic mass is 15.4. The summed E-state index contributed by atoms with van der Waals surface area (Å²) in [5, 5.41) is 0. The Bertz CT molecular complexity index is 208. The average molecular weight is 242 g/mol. The van der Waals surface area contributed by atoms with Gasteiger partial charge in [-0.05, 0) is 34.5 Å². The first kappa shape index (κ1) is 14.9. The predicted molar refractivity (Wildman–Crippen MR) is 74.1 cm³/mol. The normalized spacial score (nSPS) is 24.4. The third kappa shape index (κ3) is 5.34. The molecule has 4 nitrogen and oxygen atoms in total. The van der Waals surface area contributed by atoms with E-state index in [0.717, 1.165) is 19.4 Å². The van der Waals surface area contributed by atoms with Crippen LogP contribution in [0.2, 0.25) is 0 Å². The van der Waals surface area contributed by atoms with Crippen LogP contribution >= 0.6 is 0 Å². The third-order valence-corrected chi connectivity index (χ3v) is 3.61. The van der Waals surface area contributed by atoms with Gasteiger partial charge >= 0.3 is 0 Å². The molecule has 2 fully saturated rings. The smallest absolute Gasteiger partial charge is 0.0506 e. The monoisotopic (exact) mass is 242 g/mol. The van der Waals surface area contributed by atoms with Crippen LogP contribution in [0.25, 0.3) is 0 Å². The molecule has 0 spiro atoms. The molecule has 0 aliphatic carbocycles. The lowest BCUT2D eigenvalue weighted by molar-refractivity contribution is 0.230. The molecule has 2 rings (SSSR count). The molecule has 0 bridgehead atoms. The Morgan fingerprint density at radius 3 is 1.71 bits per heavy atom. The van der Waals surface area contributed by atoms with Crippen LogP contribution in [0.15, 0.2) is 0 Å². The van der Waals surface area contributed by atoms with Crippen LogP contribution in [0.4, 0.5) is 0 Å². The fourth-order valence-corrected chi connectivity index (χ4v) is 2.23. The molecule has 2 heterocycles. The lowest BCUT2D eigenvalue weighted by atomic mass is 10.3. The fraction of sp³-hybridized carbons (Fsp3) is 1.00. The largest absolute Gasteiger partial charge is 0.292 e. The van der Waals surface area contributed by atoms with Crippen molar-refractivity contribution < 1.29 is 0 Å². The van der Waals surface area contributed by atoms with Crippen LogP contribution in [0.3, 0.4) is 0 Å². The maximum Gasteiger partial charge on any atom is 0.0506 e. The van der Waals surface area contributed by atoms with E-state index in [9.17, 15) is 0 Å². The van der Waals surface area contributed by atoms with Crippen LogP contribution < -0.4 is 0 Å². The van der Waals surface area contributed by atoms with E-state index in [1.165, 1.54) is 32.7 Å². The Hall–Kier alpha value is -0.160. The van der Waals surface area contributed by atoms with Crippen molar-refractivity contribution in [3.8, 4) is 0 Å². The van der Waals surface area contributed by atoms with Crippen molar-refractivity contribution in [1.29, 1.82) is 0 Å². The van der Waals surface area contributed by atoms with Gasteiger partial charge in [-0.25, -0.2) is 0 Å². The first-order chi connectivity index (χ1) is 8.02. The number of hydrogen-bond acceptors (Lipinski definition) is 4. The van der Waals surface area contributed by atoms with Crippen molar-refractivity contribution in [3.63, 3.8) is 0 Å². The number of likely N-dealkylation sites (N-methyl/N-ethyl adjacent to an activating group) is 3. The topological polar surface area (TPSA) is 13.0 Å².